The highest BCUT2D eigenvalue weighted by Crippen LogP contribution is 2.28. The fraction of sp³-hybridized carbons (Fsp3) is 0.304. The molecule has 1 aromatic heterocycles. The lowest BCUT2D eigenvalue weighted by Crippen LogP contribution is -2.33. The molecule has 1 atom stereocenters. The number of hydrogen-bond donors (Lipinski definition) is 2. The van der Waals surface area contributed by atoms with Gasteiger partial charge in [0.2, 0.25) is 5.91 Å². The van der Waals surface area contributed by atoms with E-state index in [4.69, 9.17) is 11.6 Å². The van der Waals surface area contributed by atoms with Crippen LogP contribution in [0.15, 0.2) is 53.7 Å². The van der Waals surface area contributed by atoms with Crippen LogP contribution in [0.2, 0.25) is 5.02 Å². The maximum Gasteiger partial charge on any atom is 0.271 e. The molecule has 0 saturated carbocycles. The maximum atomic E-state index is 12.7. The number of thioether (sulfide) groups is 1. The van der Waals surface area contributed by atoms with Crippen molar-refractivity contribution < 1.29 is 14.5 Å². The number of anilines is 1. The van der Waals surface area contributed by atoms with Gasteiger partial charge in [0, 0.05) is 24.2 Å². The molecule has 0 aliphatic rings. The molecule has 0 radical (unpaired) electrons. The van der Waals surface area contributed by atoms with Gasteiger partial charge in [-0.05, 0) is 31.0 Å². The van der Waals surface area contributed by atoms with Gasteiger partial charge in [0.25, 0.3) is 11.6 Å². The second-order valence-corrected chi connectivity index (χ2v) is 9.25. The third-order valence-electron chi connectivity index (χ3n) is 5.10. The van der Waals surface area contributed by atoms with Crippen molar-refractivity contribution in [2.24, 2.45) is 5.92 Å². The van der Waals surface area contributed by atoms with E-state index in [0.29, 0.717) is 23.1 Å². The largest absolute Gasteiger partial charge is 0.342 e. The molecule has 0 aliphatic carbocycles. The third-order valence-corrected chi connectivity index (χ3v) is 6.39. The molecule has 0 aliphatic heterocycles. The summed E-state index contributed by atoms with van der Waals surface area (Å²) in [7, 11) is 0. The Labute approximate surface area is 211 Å². The lowest BCUT2D eigenvalue weighted by molar-refractivity contribution is -0.384. The first-order chi connectivity index (χ1) is 16.7. The highest BCUT2D eigenvalue weighted by molar-refractivity contribution is 7.99. The fourth-order valence-corrected chi connectivity index (χ4v) is 4.29. The minimum absolute atomic E-state index is 0.0140. The third kappa shape index (κ3) is 6.58. The van der Waals surface area contributed by atoms with Gasteiger partial charge in [-0.2, -0.15) is 0 Å². The number of non-ortho nitro benzene ring substituents is 1. The van der Waals surface area contributed by atoms with Gasteiger partial charge in [0.1, 0.15) is 0 Å². The second-order valence-electron chi connectivity index (χ2n) is 7.90. The Hall–Kier alpha value is -3.44. The number of nitro benzene ring substituents is 1. The van der Waals surface area contributed by atoms with Crippen LogP contribution in [-0.4, -0.2) is 37.3 Å². The first-order valence-electron chi connectivity index (χ1n) is 10.9. The van der Waals surface area contributed by atoms with Crippen LogP contribution in [0.1, 0.15) is 43.0 Å². The number of benzene rings is 2. The zero-order valence-electron chi connectivity index (χ0n) is 19.4. The number of nitrogens with zero attached hydrogens (tertiary/aromatic N) is 4. The number of carbonyl (C=O) groups excluding carboxylic acids is 2. The smallest absolute Gasteiger partial charge is 0.271 e. The number of aromatic nitrogens is 3. The summed E-state index contributed by atoms with van der Waals surface area (Å²) in [6.07, 6.45) is 0. The van der Waals surface area contributed by atoms with E-state index in [1.807, 2.05) is 31.4 Å². The van der Waals surface area contributed by atoms with Gasteiger partial charge in [-0.25, -0.2) is 0 Å². The van der Waals surface area contributed by atoms with Crippen LogP contribution in [0.4, 0.5) is 11.4 Å². The van der Waals surface area contributed by atoms with Gasteiger partial charge in [-0.1, -0.05) is 55.4 Å². The molecule has 2 aromatic carbocycles. The zero-order valence-corrected chi connectivity index (χ0v) is 21.0. The first-order valence-corrected chi connectivity index (χ1v) is 12.2. The van der Waals surface area contributed by atoms with E-state index in [1.54, 1.807) is 24.3 Å². The number of hydrogen-bond acceptors (Lipinski definition) is 7. The van der Waals surface area contributed by atoms with Crippen LogP contribution in [0.3, 0.4) is 0 Å². The van der Waals surface area contributed by atoms with E-state index >= 15 is 0 Å². The first kappa shape index (κ1) is 26.2. The summed E-state index contributed by atoms with van der Waals surface area (Å²) in [6, 6.07) is 12.4. The minimum Gasteiger partial charge on any atom is -0.342 e. The van der Waals surface area contributed by atoms with Crippen molar-refractivity contribution in [1.29, 1.82) is 0 Å². The van der Waals surface area contributed by atoms with E-state index in [1.165, 1.54) is 30.0 Å². The second kappa shape index (κ2) is 11.8. The Bertz CT molecular complexity index is 1220. The van der Waals surface area contributed by atoms with Gasteiger partial charge in [0.05, 0.1) is 27.4 Å². The highest BCUT2D eigenvalue weighted by Gasteiger charge is 2.26. The number of rotatable bonds is 10. The number of amides is 2. The molecule has 3 aromatic rings. The van der Waals surface area contributed by atoms with Crippen LogP contribution in [0.5, 0.6) is 0 Å². The summed E-state index contributed by atoms with van der Waals surface area (Å²) in [5, 5.41) is 25.9. The van der Waals surface area contributed by atoms with E-state index in [-0.39, 0.29) is 40.0 Å². The van der Waals surface area contributed by atoms with Crippen molar-refractivity contribution in [1.82, 2.24) is 20.1 Å². The zero-order chi connectivity index (χ0) is 25.5. The predicted octanol–water partition coefficient (Wildman–Crippen LogP) is 4.72. The molecular formula is C23H25ClN6O4S. The number of nitro groups is 1. The van der Waals surface area contributed by atoms with Crippen molar-refractivity contribution in [2.75, 3.05) is 11.1 Å². The highest BCUT2D eigenvalue weighted by atomic mass is 35.5. The number of nitrogens with one attached hydrogen (secondary N) is 2. The molecule has 0 saturated heterocycles. The van der Waals surface area contributed by atoms with Crippen LogP contribution in [0, 0.1) is 16.0 Å². The standard InChI is InChI=1S/C23H25ClN6O4S/c1-4-29-21(20(14(2)3)26-22(32)15-8-6-5-7-9-15)27-28-23(29)35-13-19(31)25-18-12-16(30(33)34)10-11-17(18)24/h5-12,14,20H,4,13H2,1-3H3,(H,25,31)(H,26,32)/t20-/m0/s1. The topological polar surface area (TPSA) is 132 Å². The Morgan fingerprint density at radius 3 is 2.51 bits per heavy atom. The molecule has 0 unspecified atom stereocenters. The molecule has 12 heteroatoms. The number of carbonyl (C=O) groups is 2. The molecular weight excluding hydrogens is 492 g/mol. The Balaban J connectivity index is 1.72. The van der Waals surface area contributed by atoms with Gasteiger partial charge in [-0.15, -0.1) is 10.2 Å². The molecule has 0 fully saturated rings. The van der Waals surface area contributed by atoms with Crippen molar-refractivity contribution in [2.45, 2.75) is 38.5 Å². The van der Waals surface area contributed by atoms with Crippen molar-refractivity contribution in [3.05, 3.63) is 75.1 Å². The summed E-state index contributed by atoms with van der Waals surface area (Å²) in [5.41, 5.74) is 0.532. The normalized spacial score (nSPS) is 11.8. The van der Waals surface area contributed by atoms with Crippen LogP contribution in [0.25, 0.3) is 0 Å². The fourth-order valence-electron chi connectivity index (χ4n) is 3.32. The molecule has 2 amide bonds. The van der Waals surface area contributed by atoms with E-state index in [2.05, 4.69) is 20.8 Å². The monoisotopic (exact) mass is 516 g/mol. The SMILES string of the molecule is CCn1c(SCC(=O)Nc2cc([N+](=O)[O-])ccc2Cl)nnc1[C@@H](NC(=O)c1ccccc1)C(C)C. The summed E-state index contributed by atoms with van der Waals surface area (Å²) in [5.74, 6) is 0.00497. The van der Waals surface area contributed by atoms with Gasteiger partial charge < -0.3 is 15.2 Å². The Morgan fingerprint density at radius 1 is 1.17 bits per heavy atom. The average Bonchev–Trinajstić information content (AvgIpc) is 3.25. The average molecular weight is 517 g/mol. The van der Waals surface area contributed by atoms with Gasteiger partial charge in [-0.3, -0.25) is 19.7 Å². The molecule has 2 N–H and O–H groups in total. The van der Waals surface area contributed by atoms with E-state index < -0.39 is 10.8 Å². The lowest BCUT2D eigenvalue weighted by atomic mass is 10.0. The minimum atomic E-state index is -0.562. The molecule has 184 valence electrons. The van der Waals surface area contributed by atoms with Crippen LogP contribution in [-0.2, 0) is 11.3 Å². The summed E-state index contributed by atoms with van der Waals surface area (Å²) >= 11 is 7.23. The van der Waals surface area contributed by atoms with Crippen molar-refractivity contribution >= 4 is 46.6 Å². The van der Waals surface area contributed by atoms with E-state index in [9.17, 15) is 19.7 Å². The Kier molecular flexibility index (Phi) is 8.83. The lowest BCUT2D eigenvalue weighted by Gasteiger charge is -2.22. The molecule has 0 spiro atoms. The maximum absolute atomic E-state index is 12.7. The van der Waals surface area contributed by atoms with Gasteiger partial charge in [0.15, 0.2) is 11.0 Å². The summed E-state index contributed by atoms with van der Waals surface area (Å²) in [4.78, 5) is 35.7. The van der Waals surface area contributed by atoms with Crippen LogP contribution >= 0.6 is 23.4 Å². The molecule has 0 bridgehead atoms. The van der Waals surface area contributed by atoms with E-state index in [0.717, 1.165) is 0 Å². The Morgan fingerprint density at radius 2 is 1.89 bits per heavy atom. The quantitative estimate of drug-likeness (QED) is 0.226. The molecule has 10 nitrogen and oxygen atoms in total. The number of halogens is 1. The summed E-state index contributed by atoms with van der Waals surface area (Å²) < 4.78 is 1.86. The molecule has 35 heavy (non-hydrogen) atoms. The predicted molar refractivity (Wildman–Crippen MR) is 135 cm³/mol. The van der Waals surface area contributed by atoms with Crippen molar-refractivity contribution in [3.63, 3.8) is 0 Å². The van der Waals surface area contributed by atoms with Crippen molar-refractivity contribution in [3.8, 4) is 0 Å². The summed E-state index contributed by atoms with van der Waals surface area (Å²) in [6.45, 7) is 6.42. The van der Waals surface area contributed by atoms with Crippen LogP contribution < -0.4 is 10.6 Å². The molecule has 3 rings (SSSR count). The molecule has 1 heterocycles. The van der Waals surface area contributed by atoms with Gasteiger partial charge >= 0.3 is 0 Å².